The third kappa shape index (κ3) is 3.18. The number of aromatic amines is 1. The minimum absolute atomic E-state index is 0.175. The maximum absolute atomic E-state index is 12.8. The quantitative estimate of drug-likeness (QED) is 0.465. The van der Waals surface area contributed by atoms with Crippen LogP contribution in [-0.4, -0.2) is 27.2 Å². The number of carbonyl (C=O) groups is 1. The van der Waals surface area contributed by atoms with Crippen molar-refractivity contribution in [2.45, 2.75) is 25.3 Å². The van der Waals surface area contributed by atoms with Gasteiger partial charge in [-0.25, -0.2) is 14.2 Å². The van der Waals surface area contributed by atoms with Crippen molar-refractivity contribution in [3.63, 3.8) is 0 Å². The number of H-pyrrole nitrogens is 1. The SMILES string of the molecule is NCCCCC(C(=O)O)n1c(=O)[nH]c2cc3ccccc3cc2c1=O. The Hall–Kier alpha value is -2.93. The van der Waals surface area contributed by atoms with Gasteiger partial charge >= 0.3 is 11.7 Å². The normalized spacial score (nSPS) is 12.5. The Morgan fingerprint density at radius 1 is 1.16 bits per heavy atom. The number of unbranched alkanes of at least 4 members (excludes halogenated alkanes) is 1. The molecule has 0 aliphatic rings. The molecule has 0 aliphatic carbocycles. The molecule has 0 saturated carbocycles. The average Bonchev–Trinajstić information content (AvgIpc) is 2.59. The second-order valence-corrected chi connectivity index (χ2v) is 5.99. The third-order valence-corrected chi connectivity index (χ3v) is 4.32. The highest BCUT2D eigenvalue weighted by molar-refractivity contribution is 5.96. The van der Waals surface area contributed by atoms with Crippen LogP contribution in [0.3, 0.4) is 0 Å². The fourth-order valence-corrected chi connectivity index (χ4v) is 3.05. The molecule has 0 radical (unpaired) electrons. The third-order valence-electron chi connectivity index (χ3n) is 4.32. The van der Waals surface area contributed by atoms with Crippen LogP contribution in [0.25, 0.3) is 21.7 Å². The van der Waals surface area contributed by atoms with Gasteiger partial charge in [0.1, 0.15) is 6.04 Å². The van der Waals surface area contributed by atoms with E-state index in [9.17, 15) is 19.5 Å². The molecule has 0 aliphatic heterocycles. The lowest BCUT2D eigenvalue weighted by atomic mass is 10.1. The van der Waals surface area contributed by atoms with E-state index in [4.69, 9.17) is 5.73 Å². The molecule has 7 heteroatoms. The van der Waals surface area contributed by atoms with Crippen LogP contribution >= 0.6 is 0 Å². The Kier molecular flexibility index (Phi) is 4.67. The summed E-state index contributed by atoms with van der Waals surface area (Å²) in [6.45, 7) is 0.432. The second-order valence-electron chi connectivity index (χ2n) is 5.99. The summed E-state index contributed by atoms with van der Waals surface area (Å²) in [4.78, 5) is 39.5. The van der Waals surface area contributed by atoms with Crippen molar-refractivity contribution < 1.29 is 9.90 Å². The highest BCUT2D eigenvalue weighted by Crippen LogP contribution is 2.19. The molecule has 7 nitrogen and oxygen atoms in total. The van der Waals surface area contributed by atoms with Crippen LogP contribution in [0.2, 0.25) is 0 Å². The van der Waals surface area contributed by atoms with E-state index in [1.807, 2.05) is 24.3 Å². The molecule has 3 aromatic rings. The molecule has 1 atom stereocenters. The van der Waals surface area contributed by atoms with Gasteiger partial charge in [0.15, 0.2) is 0 Å². The largest absolute Gasteiger partial charge is 0.480 e. The van der Waals surface area contributed by atoms with E-state index in [1.165, 1.54) is 0 Å². The predicted molar refractivity (Wildman–Crippen MR) is 95.9 cm³/mol. The van der Waals surface area contributed by atoms with Crippen molar-refractivity contribution in [3.8, 4) is 0 Å². The summed E-state index contributed by atoms with van der Waals surface area (Å²) in [5.41, 5.74) is 4.52. The van der Waals surface area contributed by atoms with Crippen LogP contribution < -0.4 is 17.0 Å². The number of fused-ring (bicyclic) bond motifs is 2. The number of nitrogens with one attached hydrogen (secondary N) is 1. The Labute approximate surface area is 142 Å². The molecule has 0 saturated heterocycles. The lowest BCUT2D eigenvalue weighted by Crippen LogP contribution is -2.41. The highest BCUT2D eigenvalue weighted by atomic mass is 16.4. The van der Waals surface area contributed by atoms with Gasteiger partial charge < -0.3 is 15.8 Å². The first-order chi connectivity index (χ1) is 12.0. The Morgan fingerprint density at radius 3 is 2.48 bits per heavy atom. The monoisotopic (exact) mass is 341 g/mol. The molecule has 0 fully saturated rings. The van der Waals surface area contributed by atoms with Crippen molar-refractivity contribution >= 4 is 27.6 Å². The maximum Gasteiger partial charge on any atom is 0.329 e. The first kappa shape index (κ1) is 16.9. The summed E-state index contributed by atoms with van der Waals surface area (Å²) in [5, 5.41) is 11.5. The number of carboxylic acid groups (broad SMARTS) is 1. The summed E-state index contributed by atoms with van der Waals surface area (Å²) >= 11 is 0. The van der Waals surface area contributed by atoms with Crippen LogP contribution in [-0.2, 0) is 4.79 Å². The number of aromatic nitrogens is 2. The van der Waals surface area contributed by atoms with Crippen molar-refractivity contribution in [2.24, 2.45) is 5.73 Å². The number of benzene rings is 2. The number of nitrogens with zero attached hydrogens (tertiary/aromatic N) is 1. The van der Waals surface area contributed by atoms with E-state index >= 15 is 0 Å². The molecule has 0 amide bonds. The number of carboxylic acids is 1. The second kappa shape index (κ2) is 6.90. The average molecular weight is 341 g/mol. The maximum atomic E-state index is 12.8. The molecule has 3 rings (SSSR count). The molecule has 0 bridgehead atoms. The lowest BCUT2D eigenvalue weighted by Gasteiger charge is -2.15. The Morgan fingerprint density at radius 2 is 1.84 bits per heavy atom. The molecule has 0 spiro atoms. The minimum atomic E-state index is -1.21. The van der Waals surface area contributed by atoms with Gasteiger partial charge in [0.05, 0.1) is 10.9 Å². The first-order valence-corrected chi connectivity index (χ1v) is 8.13. The fraction of sp³-hybridized carbons (Fsp3) is 0.278. The fourth-order valence-electron chi connectivity index (χ4n) is 3.05. The minimum Gasteiger partial charge on any atom is -0.480 e. The zero-order chi connectivity index (χ0) is 18.0. The van der Waals surface area contributed by atoms with Crippen molar-refractivity contribution in [2.75, 3.05) is 6.54 Å². The topological polar surface area (TPSA) is 118 Å². The van der Waals surface area contributed by atoms with Crippen LogP contribution in [0.4, 0.5) is 0 Å². The van der Waals surface area contributed by atoms with Gasteiger partial charge in [-0.05, 0) is 48.7 Å². The van der Waals surface area contributed by atoms with Crippen molar-refractivity contribution in [3.05, 3.63) is 57.2 Å². The van der Waals surface area contributed by atoms with Gasteiger partial charge in [0, 0.05) is 0 Å². The van der Waals surface area contributed by atoms with E-state index in [0.29, 0.717) is 30.3 Å². The molecule has 130 valence electrons. The van der Waals surface area contributed by atoms with E-state index < -0.39 is 23.3 Å². The van der Waals surface area contributed by atoms with E-state index in [-0.39, 0.29) is 6.42 Å². The number of hydrogen-bond donors (Lipinski definition) is 3. The summed E-state index contributed by atoms with van der Waals surface area (Å²) < 4.78 is 0.802. The molecular formula is C18H19N3O4. The smallest absolute Gasteiger partial charge is 0.329 e. The molecule has 1 heterocycles. The molecule has 4 N–H and O–H groups in total. The summed E-state index contributed by atoms with van der Waals surface area (Å²) in [5.74, 6) is -1.20. The molecule has 25 heavy (non-hydrogen) atoms. The van der Waals surface area contributed by atoms with E-state index in [1.54, 1.807) is 12.1 Å². The lowest BCUT2D eigenvalue weighted by molar-refractivity contribution is -0.141. The van der Waals surface area contributed by atoms with Gasteiger partial charge in [-0.15, -0.1) is 0 Å². The van der Waals surface area contributed by atoms with Gasteiger partial charge in [0.2, 0.25) is 0 Å². The van der Waals surface area contributed by atoms with Gasteiger partial charge in [-0.2, -0.15) is 0 Å². The van der Waals surface area contributed by atoms with E-state index in [0.717, 1.165) is 15.3 Å². The number of nitrogens with two attached hydrogens (primary N) is 1. The van der Waals surface area contributed by atoms with Crippen molar-refractivity contribution in [1.82, 2.24) is 9.55 Å². The van der Waals surface area contributed by atoms with Crippen LogP contribution in [0.15, 0.2) is 46.0 Å². The van der Waals surface area contributed by atoms with Crippen LogP contribution in [0, 0.1) is 0 Å². The summed E-state index contributed by atoms with van der Waals surface area (Å²) in [6.07, 6.45) is 1.33. The molecular weight excluding hydrogens is 322 g/mol. The van der Waals surface area contributed by atoms with Gasteiger partial charge in [-0.3, -0.25) is 4.79 Å². The van der Waals surface area contributed by atoms with Crippen molar-refractivity contribution in [1.29, 1.82) is 0 Å². The zero-order valence-electron chi connectivity index (χ0n) is 13.6. The molecule has 2 aromatic carbocycles. The first-order valence-electron chi connectivity index (χ1n) is 8.13. The molecule has 1 unspecified atom stereocenters. The van der Waals surface area contributed by atoms with Crippen LogP contribution in [0.1, 0.15) is 25.3 Å². The predicted octanol–water partition coefficient (Wildman–Crippen LogP) is 1.60. The number of aliphatic carboxylic acids is 1. The number of hydrogen-bond acceptors (Lipinski definition) is 4. The van der Waals surface area contributed by atoms with Crippen LogP contribution in [0.5, 0.6) is 0 Å². The number of rotatable bonds is 6. The highest BCUT2D eigenvalue weighted by Gasteiger charge is 2.24. The summed E-state index contributed by atoms with van der Waals surface area (Å²) in [7, 11) is 0. The Balaban J connectivity index is 2.20. The zero-order valence-corrected chi connectivity index (χ0v) is 13.6. The Bertz CT molecular complexity index is 1050. The molecule has 1 aromatic heterocycles. The van der Waals surface area contributed by atoms with E-state index in [2.05, 4.69) is 4.98 Å². The standard InChI is InChI=1S/C18H19N3O4/c19-8-4-3-7-15(17(23)24)21-16(22)13-9-11-5-1-2-6-12(11)10-14(13)20-18(21)25/h1-2,5-6,9-10,15H,3-4,7-8,19H2,(H,20,25)(H,23,24). The van der Waals surface area contributed by atoms with Gasteiger partial charge in [-0.1, -0.05) is 24.3 Å². The summed E-state index contributed by atoms with van der Waals surface area (Å²) in [6, 6.07) is 9.65. The van der Waals surface area contributed by atoms with Gasteiger partial charge in [0.25, 0.3) is 5.56 Å².